The molecule has 5 rings (SSSR count). The molecule has 0 bridgehead atoms. The van der Waals surface area contributed by atoms with Gasteiger partial charge in [0.1, 0.15) is 0 Å². The molecule has 3 nitrogen and oxygen atoms in total. The van der Waals surface area contributed by atoms with Gasteiger partial charge in [-0.25, -0.2) is 0 Å². The summed E-state index contributed by atoms with van der Waals surface area (Å²) in [6, 6.07) is 16.4. The number of ether oxygens (including phenoxy) is 3. The molecule has 2 aromatic carbocycles. The molecule has 0 N–H and O–H groups in total. The van der Waals surface area contributed by atoms with Gasteiger partial charge in [0.15, 0.2) is 11.5 Å². The van der Waals surface area contributed by atoms with Gasteiger partial charge in [0.25, 0.3) is 5.79 Å². The van der Waals surface area contributed by atoms with Crippen molar-refractivity contribution in [2.75, 3.05) is 7.11 Å². The van der Waals surface area contributed by atoms with Gasteiger partial charge in [0, 0.05) is 23.1 Å². The molecule has 1 spiro atoms. The summed E-state index contributed by atoms with van der Waals surface area (Å²) in [5.74, 6) is 0.692. The van der Waals surface area contributed by atoms with Crippen LogP contribution in [0.25, 0.3) is 6.08 Å². The lowest BCUT2D eigenvalue weighted by molar-refractivity contribution is -0.210. The van der Waals surface area contributed by atoms with E-state index in [-0.39, 0.29) is 5.60 Å². The van der Waals surface area contributed by atoms with E-state index in [1.54, 1.807) is 7.11 Å². The summed E-state index contributed by atoms with van der Waals surface area (Å²) in [7, 11) is 1.69. The van der Waals surface area contributed by atoms with Crippen LogP contribution in [0.3, 0.4) is 0 Å². The van der Waals surface area contributed by atoms with E-state index >= 15 is 0 Å². The summed E-state index contributed by atoms with van der Waals surface area (Å²) in [5, 5.41) is 0. The van der Waals surface area contributed by atoms with Crippen molar-refractivity contribution in [3.8, 4) is 11.5 Å². The van der Waals surface area contributed by atoms with Gasteiger partial charge >= 0.3 is 0 Å². The zero-order chi connectivity index (χ0) is 17.6. The third-order valence-electron chi connectivity index (χ3n) is 6.02. The Morgan fingerprint density at radius 1 is 0.923 bits per heavy atom. The average Bonchev–Trinajstić information content (AvgIpc) is 3.00. The molecule has 1 unspecified atom stereocenters. The molecule has 1 saturated heterocycles. The molecule has 1 aliphatic carbocycles. The van der Waals surface area contributed by atoms with Gasteiger partial charge in [-0.2, -0.15) is 0 Å². The van der Waals surface area contributed by atoms with Crippen LogP contribution in [0.2, 0.25) is 0 Å². The quantitative estimate of drug-likeness (QED) is 0.722. The average molecular weight is 348 g/mol. The fourth-order valence-corrected chi connectivity index (χ4v) is 4.79. The molecule has 0 amide bonds. The normalized spacial score (nSPS) is 25.8. The second kappa shape index (κ2) is 5.88. The number of rotatable bonds is 2. The molecule has 2 heterocycles. The van der Waals surface area contributed by atoms with Crippen LogP contribution in [-0.4, -0.2) is 12.7 Å². The predicted molar refractivity (Wildman–Crippen MR) is 101 cm³/mol. The molecule has 1 atom stereocenters. The van der Waals surface area contributed by atoms with Gasteiger partial charge in [-0.05, 0) is 25.0 Å². The van der Waals surface area contributed by atoms with Crippen LogP contribution in [-0.2, 0) is 10.5 Å². The van der Waals surface area contributed by atoms with E-state index in [4.69, 9.17) is 14.2 Å². The number of para-hydroxylation sites is 1. The van der Waals surface area contributed by atoms with E-state index in [1.807, 2.05) is 18.2 Å². The van der Waals surface area contributed by atoms with Gasteiger partial charge in [-0.15, -0.1) is 0 Å². The number of hydrogen-bond acceptors (Lipinski definition) is 3. The topological polar surface area (TPSA) is 27.7 Å². The standard InChI is InChI=1S/C23H24O3/c1-24-20-12-8-9-17-15-19-16-22(13-6-3-7-14-22)26-23(19,25-21(17)20)18-10-4-2-5-11-18/h2,4-5,8-12,15H,3,6-7,13-14,16H2,1H3. The van der Waals surface area contributed by atoms with Crippen LogP contribution in [0.15, 0.2) is 54.1 Å². The van der Waals surface area contributed by atoms with Crippen LogP contribution in [0.1, 0.15) is 49.7 Å². The third kappa shape index (κ3) is 2.30. The van der Waals surface area contributed by atoms with Crippen LogP contribution in [0.5, 0.6) is 11.5 Å². The predicted octanol–water partition coefficient (Wildman–Crippen LogP) is 5.45. The zero-order valence-corrected chi connectivity index (χ0v) is 15.2. The Balaban J connectivity index is 1.67. The summed E-state index contributed by atoms with van der Waals surface area (Å²) in [6.07, 6.45) is 9.18. The van der Waals surface area contributed by atoms with Crippen molar-refractivity contribution in [3.63, 3.8) is 0 Å². The van der Waals surface area contributed by atoms with E-state index in [0.717, 1.165) is 41.9 Å². The molecule has 1 saturated carbocycles. The van der Waals surface area contributed by atoms with Crippen molar-refractivity contribution in [2.24, 2.45) is 0 Å². The Kier molecular flexibility index (Phi) is 3.61. The lowest BCUT2D eigenvalue weighted by Crippen LogP contribution is -2.40. The van der Waals surface area contributed by atoms with Gasteiger partial charge in [-0.1, -0.05) is 61.7 Å². The highest BCUT2D eigenvalue weighted by atomic mass is 16.7. The largest absolute Gasteiger partial charge is 0.493 e. The smallest absolute Gasteiger partial charge is 0.261 e. The van der Waals surface area contributed by atoms with E-state index in [0.29, 0.717) is 0 Å². The second-order valence-electron chi connectivity index (χ2n) is 7.66. The van der Waals surface area contributed by atoms with Gasteiger partial charge in [-0.3, -0.25) is 0 Å². The molecule has 26 heavy (non-hydrogen) atoms. The van der Waals surface area contributed by atoms with Crippen molar-refractivity contribution >= 4 is 6.08 Å². The molecule has 0 aromatic heterocycles. The third-order valence-corrected chi connectivity index (χ3v) is 6.02. The van der Waals surface area contributed by atoms with Crippen LogP contribution < -0.4 is 9.47 Å². The number of methoxy groups -OCH3 is 1. The van der Waals surface area contributed by atoms with Crippen molar-refractivity contribution < 1.29 is 14.2 Å². The first-order chi connectivity index (χ1) is 12.7. The Bertz CT molecular complexity index is 849. The molecule has 3 heteroatoms. The molecule has 2 aliphatic heterocycles. The fraction of sp³-hybridized carbons (Fsp3) is 0.391. The highest BCUT2D eigenvalue weighted by molar-refractivity contribution is 5.69. The first-order valence-corrected chi connectivity index (χ1v) is 9.58. The van der Waals surface area contributed by atoms with Crippen molar-refractivity contribution in [2.45, 2.75) is 49.9 Å². The maximum atomic E-state index is 6.88. The van der Waals surface area contributed by atoms with Crippen LogP contribution >= 0.6 is 0 Å². The number of fused-ring (bicyclic) bond motifs is 2. The van der Waals surface area contributed by atoms with E-state index < -0.39 is 5.79 Å². The molecule has 134 valence electrons. The van der Waals surface area contributed by atoms with Crippen molar-refractivity contribution in [3.05, 3.63) is 65.2 Å². The first-order valence-electron chi connectivity index (χ1n) is 9.58. The summed E-state index contributed by atoms with van der Waals surface area (Å²) >= 11 is 0. The van der Waals surface area contributed by atoms with Gasteiger partial charge < -0.3 is 14.2 Å². The van der Waals surface area contributed by atoms with Crippen molar-refractivity contribution in [1.82, 2.24) is 0 Å². The molecule has 0 radical (unpaired) electrons. The Morgan fingerprint density at radius 2 is 1.73 bits per heavy atom. The minimum Gasteiger partial charge on any atom is -0.493 e. The maximum absolute atomic E-state index is 6.88. The van der Waals surface area contributed by atoms with Gasteiger partial charge in [0.2, 0.25) is 0 Å². The monoisotopic (exact) mass is 348 g/mol. The minimum atomic E-state index is -0.833. The molecule has 3 aliphatic rings. The Labute approximate surface area is 154 Å². The zero-order valence-electron chi connectivity index (χ0n) is 15.2. The van der Waals surface area contributed by atoms with Crippen molar-refractivity contribution in [1.29, 1.82) is 0 Å². The molecular formula is C23H24O3. The molecule has 2 aromatic rings. The second-order valence-corrected chi connectivity index (χ2v) is 7.66. The summed E-state index contributed by atoms with van der Waals surface area (Å²) < 4.78 is 19.1. The fourth-order valence-electron chi connectivity index (χ4n) is 4.79. The SMILES string of the molecule is COc1cccc2c1OC1(c3ccccc3)OC3(CCCCC3)CC1=C2. The summed E-state index contributed by atoms with van der Waals surface area (Å²) in [4.78, 5) is 0. The van der Waals surface area contributed by atoms with E-state index in [2.05, 4.69) is 36.4 Å². The number of hydrogen-bond donors (Lipinski definition) is 0. The lowest BCUT2D eigenvalue weighted by atomic mass is 9.80. The maximum Gasteiger partial charge on any atom is 0.261 e. The number of benzene rings is 2. The highest BCUT2D eigenvalue weighted by Crippen LogP contribution is 2.58. The molecule has 2 fully saturated rings. The lowest BCUT2D eigenvalue weighted by Gasteiger charge is -2.39. The van der Waals surface area contributed by atoms with Crippen LogP contribution in [0, 0.1) is 0 Å². The first kappa shape index (κ1) is 16.0. The summed E-state index contributed by atoms with van der Waals surface area (Å²) in [5.41, 5.74) is 3.26. The Morgan fingerprint density at radius 3 is 2.50 bits per heavy atom. The Hall–Kier alpha value is -2.26. The van der Waals surface area contributed by atoms with Gasteiger partial charge in [0.05, 0.1) is 12.7 Å². The minimum absolute atomic E-state index is 0.102. The van der Waals surface area contributed by atoms with E-state index in [1.165, 1.54) is 24.8 Å². The highest BCUT2D eigenvalue weighted by Gasteiger charge is 2.57. The van der Waals surface area contributed by atoms with Crippen LogP contribution in [0.4, 0.5) is 0 Å². The molecular weight excluding hydrogens is 324 g/mol. The van der Waals surface area contributed by atoms with E-state index in [9.17, 15) is 0 Å². The summed E-state index contributed by atoms with van der Waals surface area (Å²) in [6.45, 7) is 0.